The van der Waals surface area contributed by atoms with Crippen molar-refractivity contribution in [3.63, 3.8) is 0 Å². The Bertz CT molecular complexity index is 1130. The predicted octanol–water partition coefficient (Wildman–Crippen LogP) is 3.90. The lowest BCUT2D eigenvalue weighted by atomic mass is 10.0. The first kappa shape index (κ1) is 21.1. The van der Waals surface area contributed by atoms with Crippen molar-refractivity contribution >= 4 is 38.2 Å². The Morgan fingerprint density at radius 3 is 2.77 bits per heavy atom. The molecule has 2 N–H and O–H groups in total. The number of hydrogen-bond donors (Lipinski definition) is 2. The average molecular weight is 446 g/mol. The molecule has 3 aromatic rings. The van der Waals surface area contributed by atoms with Gasteiger partial charge in [0.05, 0.1) is 6.54 Å². The van der Waals surface area contributed by atoms with Crippen LogP contribution in [0.5, 0.6) is 0 Å². The topological polar surface area (TPSA) is 82.3 Å². The standard InChI is InChI=1S/C22H27N3O3S2/c1-16-10-12-25(13-11-16)30(27,28)22-9-7-18(29-22)15-24-21(26)8-6-17-14-23-20-5-3-2-4-19(17)20/h2-5,7,9,14,16,23H,6,8,10-13,15H2,1H3,(H,24,26). The van der Waals surface area contributed by atoms with Crippen molar-refractivity contribution in [1.82, 2.24) is 14.6 Å². The normalized spacial score (nSPS) is 16.2. The van der Waals surface area contributed by atoms with Crippen LogP contribution < -0.4 is 5.32 Å². The van der Waals surface area contributed by atoms with Crippen molar-refractivity contribution in [1.29, 1.82) is 0 Å². The molecule has 1 aliphatic heterocycles. The molecule has 6 nitrogen and oxygen atoms in total. The number of hydrogen-bond acceptors (Lipinski definition) is 4. The zero-order valence-electron chi connectivity index (χ0n) is 17.1. The first-order valence-electron chi connectivity index (χ1n) is 10.3. The maximum absolute atomic E-state index is 12.8. The van der Waals surface area contributed by atoms with Gasteiger partial charge in [0.2, 0.25) is 5.91 Å². The zero-order chi connectivity index (χ0) is 21.1. The van der Waals surface area contributed by atoms with Gasteiger partial charge in [-0.15, -0.1) is 11.3 Å². The lowest BCUT2D eigenvalue weighted by molar-refractivity contribution is -0.121. The lowest BCUT2D eigenvalue weighted by Crippen LogP contribution is -2.37. The van der Waals surface area contributed by atoms with Gasteiger partial charge in [-0.2, -0.15) is 4.31 Å². The van der Waals surface area contributed by atoms with E-state index in [4.69, 9.17) is 0 Å². The van der Waals surface area contributed by atoms with Crippen molar-refractivity contribution in [2.75, 3.05) is 13.1 Å². The van der Waals surface area contributed by atoms with E-state index in [0.717, 1.165) is 34.2 Å². The first-order chi connectivity index (χ1) is 14.4. The van der Waals surface area contributed by atoms with Crippen LogP contribution in [0.15, 0.2) is 46.8 Å². The van der Waals surface area contributed by atoms with E-state index < -0.39 is 10.0 Å². The van der Waals surface area contributed by atoms with Crippen LogP contribution in [0.1, 0.15) is 36.6 Å². The SMILES string of the molecule is CC1CCN(S(=O)(=O)c2ccc(CNC(=O)CCc3c[nH]c4ccccc34)s2)CC1. The number of carbonyl (C=O) groups excluding carboxylic acids is 1. The molecule has 0 atom stereocenters. The summed E-state index contributed by atoms with van der Waals surface area (Å²) in [7, 11) is -3.43. The number of piperidine rings is 1. The van der Waals surface area contributed by atoms with Crippen LogP contribution in [0.2, 0.25) is 0 Å². The largest absolute Gasteiger partial charge is 0.361 e. The summed E-state index contributed by atoms with van der Waals surface area (Å²) < 4.78 is 27.6. The van der Waals surface area contributed by atoms with Crippen LogP contribution in [0.3, 0.4) is 0 Å². The molecule has 4 rings (SSSR count). The highest BCUT2D eigenvalue weighted by Crippen LogP contribution is 2.28. The summed E-state index contributed by atoms with van der Waals surface area (Å²) in [5, 5.41) is 4.06. The molecule has 1 fully saturated rings. The van der Waals surface area contributed by atoms with Crippen LogP contribution in [0, 0.1) is 5.92 Å². The number of nitrogens with one attached hydrogen (secondary N) is 2. The minimum atomic E-state index is -3.43. The molecule has 3 heterocycles. The second-order valence-electron chi connectivity index (χ2n) is 7.94. The maximum atomic E-state index is 12.8. The number of para-hydroxylation sites is 1. The van der Waals surface area contributed by atoms with Gasteiger partial charge in [-0.3, -0.25) is 4.79 Å². The third-order valence-electron chi connectivity index (χ3n) is 5.73. The number of aryl methyl sites for hydroxylation is 1. The van der Waals surface area contributed by atoms with Crippen molar-refractivity contribution in [3.8, 4) is 0 Å². The number of H-pyrrole nitrogens is 1. The molecule has 1 aromatic carbocycles. The van der Waals surface area contributed by atoms with Crippen molar-refractivity contribution in [2.45, 2.75) is 43.4 Å². The summed E-state index contributed by atoms with van der Waals surface area (Å²) in [6, 6.07) is 11.5. The van der Waals surface area contributed by atoms with Crippen molar-refractivity contribution < 1.29 is 13.2 Å². The first-order valence-corrected chi connectivity index (χ1v) is 12.6. The van der Waals surface area contributed by atoms with Crippen molar-refractivity contribution in [3.05, 3.63) is 53.0 Å². The number of thiophene rings is 1. The highest BCUT2D eigenvalue weighted by molar-refractivity contribution is 7.91. The molecule has 0 radical (unpaired) electrons. The molecule has 0 spiro atoms. The smallest absolute Gasteiger partial charge is 0.252 e. The van der Waals surface area contributed by atoms with E-state index in [-0.39, 0.29) is 5.91 Å². The number of sulfonamides is 1. The monoisotopic (exact) mass is 445 g/mol. The van der Waals surface area contributed by atoms with Gasteiger partial charge < -0.3 is 10.3 Å². The van der Waals surface area contributed by atoms with Gasteiger partial charge in [0, 0.05) is 41.5 Å². The number of amides is 1. The molecular weight excluding hydrogens is 418 g/mol. The summed E-state index contributed by atoms with van der Waals surface area (Å²) >= 11 is 1.24. The summed E-state index contributed by atoms with van der Waals surface area (Å²) in [5.74, 6) is 0.540. The Balaban J connectivity index is 1.30. The van der Waals surface area contributed by atoms with E-state index in [0.29, 0.717) is 42.6 Å². The van der Waals surface area contributed by atoms with E-state index in [2.05, 4.69) is 23.3 Å². The Hall–Kier alpha value is -2.16. The number of carbonyl (C=O) groups is 1. The van der Waals surface area contributed by atoms with E-state index in [1.807, 2.05) is 24.4 Å². The lowest BCUT2D eigenvalue weighted by Gasteiger charge is -2.28. The Labute approximate surface area is 181 Å². The maximum Gasteiger partial charge on any atom is 0.252 e. The minimum absolute atomic E-state index is 0.0388. The second-order valence-corrected chi connectivity index (χ2v) is 11.3. The van der Waals surface area contributed by atoms with E-state index in [1.165, 1.54) is 11.3 Å². The van der Waals surface area contributed by atoms with Gasteiger partial charge in [-0.05, 0) is 48.9 Å². The van der Waals surface area contributed by atoms with Gasteiger partial charge in [0.1, 0.15) is 4.21 Å². The quantitative estimate of drug-likeness (QED) is 0.579. The number of nitrogens with zero attached hydrogens (tertiary/aromatic N) is 1. The zero-order valence-corrected chi connectivity index (χ0v) is 18.7. The number of fused-ring (bicyclic) bond motifs is 1. The number of benzene rings is 1. The molecule has 8 heteroatoms. The van der Waals surface area contributed by atoms with Gasteiger partial charge in [-0.25, -0.2) is 8.42 Å². The molecule has 0 aliphatic carbocycles. The number of aromatic amines is 1. The summed E-state index contributed by atoms with van der Waals surface area (Å²) in [5.41, 5.74) is 2.20. The molecular formula is C22H27N3O3S2. The molecule has 160 valence electrons. The highest BCUT2D eigenvalue weighted by atomic mass is 32.2. The van der Waals surface area contributed by atoms with Crippen LogP contribution in [-0.4, -0.2) is 36.7 Å². The fourth-order valence-electron chi connectivity index (χ4n) is 3.81. The van der Waals surface area contributed by atoms with Crippen molar-refractivity contribution in [2.24, 2.45) is 5.92 Å². The summed E-state index contributed by atoms with van der Waals surface area (Å²) in [6.45, 7) is 3.68. The van der Waals surface area contributed by atoms with Gasteiger partial charge >= 0.3 is 0 Å². The Morgan fingerprint density at radius 2 is 1.97 bits per heavy atom. The minimum Gasteiger partial charge on any atom is -0.361 e. The van der Waals surface area contributed by atoms with Crippen LogP contribution >= 0.6 is 11.3 Å². The van der Waals surface area contributed by atoms with Crippen LogP contribution in [0.4, 0.5) is 0 Å². The molecule has 0 bridgehead atoms. The van der Waals surface area contributed by atoms with Gasteiger partial charge in [-0.1, -0.05) is 25.1 Å². The summed E-state index contributed by atoms with van der Waals surface area (Å²) in [6.07, 6.45) is 4.82. The van der Waals surface area contributed by atoms with Gasteiger partial charge in [0.25, 0.3) is 10.0 Å². The number of aromatic nitrogens is 1. The third kappa shape index (κ3) is 4.61. The van der Waals surface area contributed by atoms with E-state index >= 15 is 0 Å². The third-order valence-corrected chi connectivity index (χ3v) is 9.18. The summed E-state index contributed by atoms with van der Waals surface area (Å²) in [4.78, 5) is 16.4. The molecule has 0 saturated carbocycles. The highest BCUT2D eigenvalue weighted by Gasteiger charge is 2.29. The van der Waals surface area contributed by atoms with Crippen LogP contribution in [0.25, 0.3) is 10.9 Å². The van der Waals surface area contributed by atoms with E-state index in [9.17, 15) is 13.2 Å². The fraction of sp³-hybridized carbons (Fsp3) is 0.409. The second kappa shape index (κ2) is 8.91. The molecule has 30 heavy (non-hydrogen) atoms. The average Bonchev–Trinajstić information content (AvgIpc) is 3.39. The predicted molar refractivity (Wildman–Crippen MR) is 120 cm³/mol. The van der Waals surface area contributed by atoms with Gasteiger partial charge in [0.15, 0.2) is 0 Å². The molecule has 1 amide bonds. The Morgan fingerprint density at radius 1 is 1.20 bits per heavy atom. The molecule has 2 aromatic heterocycles. The number of rotatable bonds is 7. The Kier molecular flexibility index (Phi) is 6.26. The fourth-order valence-corrected chi connectivity index (χ4v) is 6.72. The molecule has 1 saturated heterocycles. The van der Waals surface area contributed by atoms with E-state index in [1.54, 1.807) is 16.4 Å². The van der Waals surface area contributed by atoms with Crippen LogP contribution in [-0.2, 0) is 27.8 Å². The molecule has 0 unspecified atom stereocenters. The molecule has 1 aliphatic rings.